The highest BCUT2D eigenvalue weighted by Crippen LogP contribution is 2.28. The van der Waals surface area contributed by atoms with Gasteiger partial charge in [-0.1, -0.05) is 36.4 Å². The normalized spacial score (nSPS) is 18.5. The Hall–Kier alpha value is -2.20. The zero-order valence-electron chi connectivity index (χ0n) is 13.8. The Morgan fingerprint density at radius 3 is 2.75 bits per heavy atom. The van der Waals surface area contributed by atoms with Gasteiger partial charge in [0, 0.05) is 30.9 Å². The Balaban J connectivity index is 1.55. The highest BCUT2D eigenvalue weighted by Gasteiger charge is 2.30. The van der Waals surface area contributed by atoms with Crippen molar-refractivity contribution < 1.29 is 9.90 Å². The van der Waals surface area contributed by atoms with Gasteiger partial charge in [0.05, 0.1) is 6.10 Å². The number of rotatable bonds is 6. The van der Waals surface area contributed by atoms with E-state index in [2.05, 4.69) is 4.98 Å². The third kappa shape index (κ3) is 4.20. The number of hydrogen-bond acceptors (Lipinski definition) is 3. The van der Waals surface area contributed by atoms with Crippen molar-refractivity contribution in [1.82, 2.24) is 9.88 Å². The maximum absolute atomic E-state index is 12.6. The van der Waals surface area contributed by atoms with Crippen molar-refractivity contribution in [2.24, 2.45) is 0 Å². The van der Waals surface area contributed by atoms with Gasteiger partial charge in [-0.2, -0.15) is 0 Å². The molecule has 1 N–H and O–H groups in total. The summed E-state index contributed by atoms with van der Waals surface area (Å²) in [5.74, 6) is 0.170. The van der Waals surface area contributed by atoms with Gasteiger partial charge in [0.2, 0.25) is 5.91 Å². The molecule has 4 heteroatoms. The number of benzene rings is 1. The van der Waals surface area contributed by atoms with Gasteiger partial charge in [-0.15, -0.1) is 0 Å². The van der Waals surface area contributed by atoms with E-state index < -0.39 is 6.10 Å². The molecule has 0 saturated carbocycles. The second-order valence-corrected chi connectivity index (χ2v) is 6.37. The molecule has 126 valence electrons. The van der Waals surface area contributed by atoms with Crippen molar-refractivity contribution in [2.75, 3.05) is 6.54 Å². The predicted octanol–water partition coefficient (Wildman–Crippen LogP) is 3.13. The molecule has 0 spiro atoms. The molecular weight excluding hydrogens is 300 g/mol. The van der Waals surface area contributed by atoms with E-state index in [1.165, 1.54) is 0 Å². The number of carbonyl (C=O) groups is 1. The molecule has 2 unspecified atom stereocenters. The van der Waals surface area contributed by atoms with Gasteiger partial charge < -0.3 is 10.0 Å². The molecule has 4 nitrogen and oxygen atoms in total. The van der Waals surface area contributed by atoms with Crippen LogP contribution in [0.2, 0.25) is 0 Å². The fourth-order valence-electron chi connectivity index (χ4n) is 3.40. The van der Waals surface area contributed by atoms with E-state index in [0.717, 1.165) is 30.6 Å². The van der Waals surface area contributed by atoms with Crippen LogP contribution in [0.1, 0.15) is 43.0 Å². The smallest absolute Gasteiger partial charge is 0.223 e. The Labute approximate surface area is 143 Å². The fraction of sp³-hybridized carbons (Fsp3) is 0.400. The lowest BCUT2D eigenvalue weighted by atomic mass is 10.0. The Morgan fingerprint density at radius 2 is 2.00 bits per heavy atom. The van der Waals surface area contributed by atoms with E-state index in [4.69, 9.17) is 0 Å². The number of likely N-dealkylation sites (tertiary alicyclic amines) is 1. The molecule has 2 aromatic rings. The van der Waals surface area contributed by atoms with Gasteiger partial charge in [0.25, 0.3) is 0 Å². The van der Waals surface area contributed by atoms with Crippen molar-refractivity contribution in [2.45, 2.75) is 44.2 Å². The summed E-state index contributed by atoms with van der Waals surface area (Å²) in [7, 11) is 0. The standard InChI is InChI=1S/C20H24N2O2/c23-19(16-7-2-1-3-8-16)15-18-10-6-14-22(18)20(24)12-11-17-9-4-5-13-21-17/h1-5,7-9,13,18-19,23H,6,10-12,14-15H2. The van der Waals surface area contributed by atoms with E-state index in [-0.39, 0.29) is 11.9 Å². The van der Waals surface area contributed by atoms with Crippen molar-refractivity contribution in [1.29, 1.82) is 0 Å². The molecule has 1 fully saturated rings. The molecule has 1 aromatic heterocycles. The molecule has 2 heterocycles. The quantitative estimate of drug-likeness (QED) is 0.888. The van der Waals surface area contributed by atoms with E-state index in [1.807, 2.05) is 53.4 Å². The minimum atomic E-state index is -0.514. The first-order chi connectivity index (χ1) is 11.7. The maximum atomic E-state index is 12.6. The number of nitrogens with zero attached hydrogens (tertiary/aromatic N) is 2. The SMILES string of the molecule is O=C(CCc1ccccn1)N1CCCC1CC(O)c1ccccc1. The topological polar surface area (TPSA) is 53.4 Å². The van der Waals surface area contributed by atoms with Crippen LogP contribution in [0.25, 0.3) is 0 Å². The van der Waals surface area contributed by atoms with Crippen LogP contribution in [0.4, 0.5) is 0 Å². The molecule has 1 aliphatic rings. The molecule has 3 rings (SSSR count). The Bertz CT molecular complexity index is 645. The molecule has 2 atom stereocenters. The van der Waals surface area contributed by atoms with Crippen LogP contribution in [0.5, 0.6) is 0 Å². The summed E-state index contributed by atoms with van der Waals surface area (Å²) in [5.41, 5.74) is 1.87. The summed E-state index contributed by atoms with van der Waals surface area (Å²) < 4.78 is 0. The van der Waals surface area contributed by atoms with E-state index in [9.17, 15) is 9.90 Å². The summed E-state index contributed by atoms with van der Waals surface area (Å²) >= 11 is 0. The van der Waals surface area contributed by atoms with Crippen LogP contribution in [-0.2, 0) is 11.2 Å². The summed E-state index contributed by atoms with van der Waals surface area (Å²) in [6.45, 7) is 0.799. The molecular formula is C20H24N2O2. The second-order valence-electron chi connectivity index (χ2n) is 6.37. The minimum Gasteiger partial charge on any atom is -0.388 e. The predicted molar refractivity (Wildman–Crippen MR) is 93.3 cm³/mol. The van der Waals surface area contributed by atoms with Crippen molar-refractivity contribution in [3.05, 3.63) is 66.0 Å². The molecule has 1 amide bonds. The van der Waals surface area contributed by atoms with Crippen molar-refractivity contribution >= 4 is 5.91 Å². The lowest BCUT2D eigenvalue weighted by molar-refractivity contribution is -0.132. The highest BCUT2D eigenvalue weighted by molar-refractivity contribution is 5.77. The summed E-state index contributed by atoms with van der Waals surface area (Å²) in [6, 6.07) is 15.6. The molecule has 1 aliphatic heterocycles. The van der Waals surface area contributed by atoms with Crippen molar-refractivity contribution in [3.8, 4) is 0 Å². The van der Waals surface area contributed by atoms with E-state index in [0.29, 0.717) is 19.3 Å². The Kier molecular flexibility index (Phi) is 5.59. The van der Waals surface area contributed by atoms with Crippen LogP contribution in [0.15, 0.2) is 54.7 Å². The number of carbonyl (C=O) groups excluding carboxylic acids is 1. The number of aromatic nitrogens is 1. The number of amides is 1. The summed E-state index contributed by atoms with van der Waals surface area (Å²) in [6.07, 6.45) is 4.99. The molecule has 1 saturated heterocycles. The summed E-state index contributed by atoms with van der Waals surface area (Å²) in [5, 5.41) is 10.4. The highest BCUT2D eigenvalue weighted by atomic mass is 16.3. The van der Waals surface area contributed by atoms with Gasteiger partial charge in [0.15, 0.2) is 0 Å². The lowest BCUT2D eigenvalue weighted by Gasteiger charge is -2.27. The first-order valence-corrected chi connectivity index (χ1v) is 8.66. The van der Waals surface area contributed by atoms with Crippen molar-refractivity contribution in [3.63, 3.8) is 0 Å². The monoisotopic (exact) mass is 324 g/mol. The van der Waals surface area contributed by atoms with Crippen LogP contribution in [0.3, 0.4) is 0 Å². The molecule has 0 radical (unpaired) electrons. The second kappa shape index (κ2) is 8.06. The minimum absolute atomic E-state index is 0.136. The molecule has 1 aromatic carbocycles. The third-order valence-corrected chi connectivity index (χ3v) is 4.70. The van der Waals surface area contributed by atoms with Crippen LogP contribution in [0, 0.1) is 0 Å². The number of aliphatic hydroxyl groups is 1. The largest absolute Gasteiger partial charge is 0.388 e. The van der Waals surface area contributed by atoms with Gasteiger partial charge in [0.1, 0.15) is 0 Å². The number of aliphatic hydroxyl groups excluding tert-OH is 1. The zero-order chi connectivity index (χ0) is 16.8. The van der Waals surface area contributed by atoms with Gasteiger partial charge in [-0.25, -0.2) is 0 Å². The van der Waals surface area contributed by atoms with E-state index in [1.54, 1.807) is 6.20 Å². The summed E-state index contributed by atoms with van der Waals surface area (Å²) in [4.78, 5) is 18.8. The first-order valence-electron chi connectivity index (χ1n) is 8.66. The average Bonchev–Trinajstić information content (AvgIpc) is 3.09. The van der Waals surface area contributed by atoms with Crippen LogP contribution < -0.4 is 0 Å². The van der Waals surface area contributed by atoms with Gasteiger partial charge in [-0.05, 0) is 43.4 Å². The Morgan fingerprint density at radius 1 is 1.21 bits per heavy atom. The van der Waals surface area contributed by atoms with Crippen LogP contribution in [-0.4, -0.2) is 33.5 Å². The van der Waals surface area contributed by atoms with Gasteiger partial charge in [-0.3, -0.25) is 9.78 Å². The molecule has 0 bridgehead atoms. The maximum Gasteiger partial charge on any atom is 0.223 e. The van der Waals surface area contributed by atoms with E-state index >= 15 is 0 Å². The number of aryl methyl sites for hydroxylation is 1. The van der Waals surface area contributed by atoms with Crippen LogP contribution >= 0.6 is 0 Å². The fourth-order valence-corrected chi connectivity index (χ4v) is 3.40. The molecule has 24 heavy (non-hydrogen) atoms. The zero-order valence-corrected chi connectivity index (χ0v) is 13.8. The average molecular weight is 324 g/mol. The number of hydrogen-bond donors (Lipinski definition) is 1. The third-order valence-electron chi connectivity index (χ3n) is 4.70. The first kappa shape index (κ1) is 16.7. The molecule has 0 aliphatic carbocycles. The van der Waals surface area contributed by atoms with Gasteiger partial charge >= 0.3 is 0 Å². The number of pyridine rings is 1. The lowest BCUT2D eigenvalue weighted by Crippen LogP contribution is -2.36.